The lowest BCUT2D eigenvalue weighted by Crippen LogP contribution is -2.62. The molecule has 5 aliphatic rings. The van der Waals surface area contributed by atoms with Gasteiger partial charge >= 0.3 is 0 Å². The predicted molar refractivity (Wildman–Crippen MR) is 96.0 cm³/mol. The monoisotopic (exact) mass is 343 g/mol. The molecule has 2 bridgehead atoms. The lowest BCUT2D eigenvalue weighted by atomic mass is 9.50. The first-order valence-corrected chi connectivity index (χ1v) is 9.89. The number of hydrogen-bond donors (Lipinski definition) is 2. The van der Waals surface area contributed by atoms with Crippen molar-refractivity contribution >= 4 is 0 Å². The Kier molecular flexibility index (Phi) is 3.44. The van der Waals surface area contributed by atoms with E-state index in [0.29, 0.717) is 12.0 Å². The standard InChI is InChI=1S/C21H29NO3/c1-3-4-9-21-17(24)8-5-13-12-15-14-6-7-16(23)19(25-21)20(14,18(13)21)10-11-22(15)2/h5-8,14-17,19,23-24H,3-4,9-12H2,1-2H3/t14-,15+,16-,17?,19-,20-,21?/m0/s1. The Balaban J connectivity index is 1.74. The molecule has 0 aromatic carbocycles. The van der Waals surface area contributed by atoms with E-state index >= 15 is 0 Å². The molecule has 25 heavy (non-hydrogen) atoms. The lowest BCUT2D eigenvalue weighted by molar-refractivity contribution is -0.143. The first-order chi connectivity index (χ1) is 12.0. The molecular formula is C21H29NO3. The molecule has 2 aliphatic heterocycles. The second kappa shape index (κ2) is 5.29. The summed E-state index contributed by atoms with van der Waals surface area (Å²) in [5, 5.41) is 21.8. The van der Waals surface area contributed by atoms with Gasteiger partial charge in [0.15, 0.2) is 0 Å². The number of hydrogen-bond acceptors (Lipinski definition) is 4. The zero-order valence-electron chi connectivity index (χ0n) is 15.2. The van der Waals surface area contributed by atoms with Gasteiger partial charge in [0.05, 0.1) is 12.2 Å². The minimum absolute atomic E-state index is 0.140. The average molecular weight is 343 g/mol. The van der Waals surface area contributed by atoms with Gasteiger partial charge in [0.1, 0.15) is 11.7 Å². The van der Waals surface area contributed by atoms with Crippen LogP contribution in [-0.4, -0.2) is 58.7 Å². The van der Waals surface area contributed by atoms with Gasteiger partial charge in [-0.1, -0.05) is 44.1 Å². The largest absolute Gasteiger partial charge is 0.386 e. The molecule has 4 heteroatoms. The predicted octanol–water partition coefficient (Wildman–Crippen LogP) is 2.18. The van der Waals surface area contributed by atoms with E-state index in [1.807, 2.05) is 12.2 Å². The van der Waals surface area contributed by atoms with Crippen molar-refractivity contribution < 1.29 is 14.9 Å². The van der Waals surface area contributed by atoms with Crippen LogP contribution < -0.4 is 0 Å². The number of rotatable bonds is 3. The number of ether oxygens (including phenoxy) is 1. The first kappa shape index (κ1) is 16.2. The zero-order valence-corrected chi connectivity index (χ0v) is 15.2. The van der Waals surface area contributed by atoms with E-state index in [0.717, 1.165) is 38.6 Å². The van der Waals surface area contributed by atoms with Gasteiger partial charge in [0.2, 0.25) is 0 Å². The second-order valence-corrected chi connectivity index (χ2v) is 8.68. The molecule has 2 fully saturated rings. The second-order valence-electron chi connectivity index (χ2n) is 8.68. The van der Waals surface area contributed by atoms with E-state index in [9.17, 15) is 10.2 Å². The summed E-state index contributed by atoms with van der Waals surface area (Å²) in [4.78, 5) is 2.48. The summed E-state index contributed by atoms with van der Waals surface area (Å²) in [6.07, 6.45) is 11.8. The number of piperidine rings is 1. The van der Waals surface area contributed by atoms with Crippen molar-refractivity contribution in [3.8, 4) is 0 Å². The highest BCUT2D eigenvalue weighted by Gasteiger charge is 2.70. The molecule has 5 rings (SSSR count). The van der Waals surface area contributed by atoms with Gasteiger partial charge in [0.25, 0.3) is 0 Å². The SMILES string of the molecule is CCCCC12O[C@H]3[C@@H](O)C=C[C@H]4[C@H]5CC(=C1[C@]43CCN5C)C=CC2O. The third-order valence-electron chi connectivity index (χ3n) is 7.62. The summed E-state index contributed by atoms with van der Waals surface area (Å²) in [5.41, 5.74) is 1.93. The van der Waals surface area contributed by atoms with Crippen LogP contribution in [-0.2, 0) is 4.74 Å². The summed E-state index contributed by atoms with van der Waals surface area (Å²) >= 11 is 0. The normalized spacial score (nSPS) is 50.3. The van der Waals surface area contributed by atoms with Crippen LogP contribution in [0.25, 0.3) is 0 Å². The molecule has 136 valence electrons. The van der Waals surface area contributed by atoms with Crippen LogP contribution in [0.3, 0.4) is 0 Å². The van der Waals surface area contributed by atoms with Gasteiger partial charge in [-0.2, -0.15) is 0 Å². The van der Waals surface area contributed by atoms with Gasteiger partial charge < -0.3 is 19.8 Å². The van der Waals surface area contributed by atoms with Crippen LogP contribution in [0.1, 0.15) is 39.0 Å². The molecule has 2 unspecified atom stereocenters. The lowest BCUT2D eigenvalue weighted by Gasteiger charge is -2.58. The Morgan fingerprint density at radius 3 is 2.92 bits per heavy atom. The van der Waals surface area contributed by atoms with Gasteiger partial charge in [-0.3, -0.25) is 0 Å². The molecule has 7 atom stereocenters. The van der Waals surface area contributed by atoms with E-state index in [1.165, 1.54) is 11.1 Å². The van der Waals surface area contributed by atoms with E-state index in [2.05, 4.69) is 31.0 Å². The number of unbranched alkanes of at least 4 members (excludes halogenated alkanes) is 1. The van der Waals surface area contributed by atoms with E-state index in [-0.39, 0.29) is 11.5 Å². The fourth-order valence-electron chi connectivity index (χ4n) is 6.55. The third kappa shape index (κ3) is 1.82. The summed E-state index contributed by atoms with van der Waals surface area (Å²) in [6, 6.07) is 0.462. The van der Waals surface area contributed by atoms with Crippen LogP contribution in [0.5, 0.6) is 0 Å². The van der Waals surface area contributed by atoms with Crippen LogP contribution in [0.4, 0.5) is 0 Å². The molecule has 0 radical (unpaired) electrons. The molecule has 0 aromatic rings. The summed E-state index contributed by atoms with van der Waals surface area (Å²) in [7, 11) is 2.22. The minimum Gasteiger partial charge on any atom is -0.386 e. The molecule has 0 aromatic heterocycles. The number of aliphatic hydroxyl groups is 2. The fourth-order valence-corrected chi connectivity index (χ4v) is 6.55. The van der Waals surface area contributed by atoms with Crippen LogP contribution >= 0.6 is 0 Å². The molecular weight excluding hydrogens is 314 g/mol. The first-order valence-electron chi connectivity index (χ1n) is 9.89. The van der Waals surface area contributed by atoms with E-state index in [1.54, 1.807) is 0 Å². The minimum atomic E-state index is -0.628. The number of likely N-dealkylation sites (tertiary alicyclic amines) is 1. The molecule has 3 aliphatic carbocycles. The van der Waals surface area contributed by atoms with Crippen molar-refractivity contribution in [1.82, 2.24) is 4.90 Å². The number of allylic oxidation sites excluding steroid dienone is 1. The molecule has 0 amide bonds. The Morgan fingerprint density at radius 1 is 1.28 bits per heavy atom. The maximum absolute atomic E-state index is 11.0. The highest BCUT2D eigenvalue weighted by molar-refractivity contribution is 5.53. The Hall–Kier alpha value is -0.940. The Morgan fingerprint density at radius 2 is 2.12 bits per heavy atom. The van der Waals surface area contributed by atoms with Crippen molar-refractivity contribution in [3.05, 3.63) is 35.5 Å². The van der Waals surface area contributed by atoms with E-state index in [4.69, 9.17) is 4.74 Å². The van der Waals surface area contributed by atoms with Gasteiger partial charge in [0, 0.05) is 17.4 Å². The quantitative estimate of drug-likeness (QED) is 0.771. The number of nitrogens with zero attached hydrogens (tertiary/aromatic N) is 1. The van der Waals surface area contributed by atoms with Gasteiger partial charge in [-0.05, 0) is 44.0 Å². The molecule has 2 heterocycles. The average Bonchev–Trinajstić information content (AvgIpc) is 2.92. The number of aliphatic hydroxyl groups excluding tert-OH is 2. The van der Waals surface area contributed by atoms with Crippen molar-refractivity contribution in [2.24, 2.45) is 11.3 Å². The Labute approximate surface area is 149 Å². The van der Waals surface area contributed by atoms with E-state index < -0.39 is 17.8 Å². The van der Waals surface area contributed by atoms with Crippen molar-refractivity contribution in [1.29, 1.82) is 0 Å². The summed E-state index contributed by atoms with van der Waals surface area (Å²) < 4.78 is 6.70. The topological polar surface area (TPSA) is 52.9 Å². The van der Waals surface area contributed by atoms with Crippen molar-refractivity contribution in [2.45, 2.75) is 69.0 Å². The Bertz CT molecular complexity index is 683. The fraction of sp³-hybridized carbons (Fsp3) is 0.714. The third-order valence-corrected chi connectivity index (χ3v) is 7.62. The van der Waals surface area contributed by atoms with Crippen LogP contribution in [0.15, 0.2) is 35.5 Å². The molecule has 2 saturated heterocycles. The smallest absolute Gasteiger partial charge is 0.120 e. The molecule has 4 nitrogen and oxygen atoms in total. The highest BCUT2D eigenvalue weighted by atomic mass is 16.5. The van der Waals surface area contributed by atoms with Gasteiger partial charge in [-0.25, -0.2) is 0 Å². The molecule has 0 saturated carbocycles. The zero-order chi connectivity index (χ0) is 17.4. The molecule has 2 N–H and O–H groups in total. The van der Waals surface area contributed by atoms with Crippen molar-refractivity contribution in [2.75, 3.05) is 13.6 Å². The molecule has 1 spiro atoms. The van der Waals surface area contributed by atoms with Crippen LogP contribution in [0, 0.1) is 11.3 Å². The van der Waals surface area contributed by atoms with Crippen molar-refractivity contribution in [3.63, 3.8) is 0 Å². The maximum Gasteiger partial charge on any atom is 0.120 e. The summed E-state index contributed by atoms with van der Waals surface area (Å²) in [6.45, 7) is 3.21. The highest BCUT2D eigenvalue weighted by Crippen LogP contribution is 2.67. The van der Waals surface area contributed by atoms with Gasteiger partial charge in [-0.15, -0.1) is 0 Å². The summed E-state index contributed by atoms with van der Waals surface area (Å²) in [5.74, 6) is 0.376. The van der Waals surface area contributed by atoms with Crippen LogP contribution in [0.2, 0.25) is 0 Å². The maximum atomic E-state index is 11.0.